The first-order valence-electron chi connectivity index (χ1n) is 5.80. The molecule has 0 aromatic carbocycles. The summed E-state index contributed by atoms with van der Waals surface area (Å²) in [4.78, 5) is 27.9. The van der Waals surface area contributed by atoms with Gasteiger partial charge in [0.2, 0.25) is 0 Å². The zero-order valence-corrected chi connectivity index (χ0v) is 12.0. The van der Waals surface area contributed by atoms with Gasteiger partial charge in [-0.05, 0) is 20.8 Å². The maximum absolute atomic E-state index is 11.8. The summed E-state index contributed by atoms with van der Waals surface area (Å²) in [6, 6.07) is 1.57. The van der Waals surface area contributed by atoms with Crippen LogP contribution in [0.3, 0.4) is 0 Å². The van der Waals surface area contributed by atoms with Crippen LogP contribution in [-0.2, 0) is 9.53 Å². The quantitative estimate of drug-likeness (QED) is 0.865. The Labute approximate surface area is 118 Å². The van der Waals surface area contributed by atoms with Gasteiger partial charge >= 0.3 is 5.97 Å². The summed E-state index contributed by atoms with van der Waals surface area (Å²) in [6.45, 7) is 4.84. The van der Waals surface area contributed by atoms with E-state index in [1.54, 1.807) is 26.8 Å². The van der Waals surface area contributed by atoms with Crippen LogP contribution < -0.4 is 5.32 Å². The zero-order valence-electron chi connectivity index (χ0n) is 11.2. The number of aryl methyl sites for hydroxylation is 3. The van der Waals surface area contributed by atoms with Crippen molar-refractivity contribution >= 4 is 29.0 Å². The van der Waals surface area contributed by atoms with Gasteiger partial charge in [0, 0.05) is 6.07 Å². The minimum absolute atomic E-state index is 0.286. The Balaban J connectivity index is 1.87. The lowest BCUT2D eigenvalue weighted by molar-refractivity contribution is -0.119. The Bertz CT molecular complexity index is 647. The molecular formula is C12H13N3O4S. The van der Waals surface area contributed by atoms with Crippen molar-refractivity contribution in [2.75, 3.05) is 11.9 Å². The molecule has 0 bridgehead atoms. The summed E-state index contributed by atoms with van der Waals surface area (Å²) < 4.78 is 9.72. The second-order valence-corrected chi connectivity index (χ2v) is 5.30. The van der Waals surface area contributed by atoms with Crippen molar-refractivity contribution in [3.63, 3.8) is 0 Å². The number of anilines is 1. The third-order valence-electron chi connectivity index (χ3n) is 2.32. The van der Waals surface area contributed by atoms with Crippen LogP contribution in [-0.4, -0.2) is 28.6 Å². The van der Waals surface area contributed by atoms with Crippen molar-refractivity contribution < 1.29 is 18.8 Å². The molecule has 1 amide bonds. The van der Waals surface area contributed by atoms with Gasteiger partial charge in [0.1, 0.15) is 10.6 Å². The second-order valence-electron chi connectivity index (χ2n) is 4.09. The summed E-state index contributed by atoms with van der Waals surface area (Å²) in [7, 11) is 0. The predicted octanol–water partition coefficient (Wildman–Crippen LogP) is 1.85. The van der Waals surface area contributed by atoms with Crippen LogP contribution in [0.25, 0.3) is 0 Å². The molecule has 2 aromatic heterocycles. The van der Waals surface area contributed by atoms with Crippen molar-refractivity contribution in [2.45, 2.75) is 20.8 Å². The number of rotatable bonds is 4. The largest absolute Gasteiger partial charge is 0.451 e. The van der Waals surface area contributed by atoms with E-state index < -0.39 is 11.9 Å². The summed E-state index contributed by atoms with van der Waals surface area (Å²) in [5, 5.41) is 6.83. The standard InChI is InChI=1S/C12H13N3O4S/c1-6-4-9(15-19-6)14-10(16)5-18-12(17)11-7(2)13-8(3)20-11/h4H,5H2,1-3H3,(H,14,15,16). The first kappa shape index (κ1) is 14.2. The number of carbonyl (C=O) groups is 2. The number of carbonyl (C=O) groups excluding carboxylic acids is 2. The average molecular weight is 295 g/mol. The van der Waals surface area contributed by atoms with E-state index in [0.717, 1.165) is 5.01 Å². The van der Waals surface area contributed by atoms with Crippen LogP contribution in [0.5, 0.6) is 0 Å². The van der Waals surface area contributed by atoms with Gasteiger partial charge in [-0.25, -0.2) is 9.78 Å². The minimum Gasteiger partial charge on any atom is -0.451 e. The molecule has 2 rings (SSSR count). The highest BCUT2D eigenvalue weighted by Crippen LogP contribution is 2.18. The maximum Gasteiger partial charge on any atom is 0.350 e. The van der Waals surface area contributed by atoms with Crippen molar-refractivity contribution in [3.05, 3.63) is 27.4 Å². The van der Waals surface area contributed by atoms with E-state index in [-0.39, 0.29) is 12.4 Å². The van der Waals surface area contributed by atoms with Crippen molar-refractivity contribution in [2.24, 2.45) is 0 Å². The van der Waals surface area contributed by atoms with Gasteiger partial charge in [-0.3, -0.25) is 4.79 Å². The highest BCUT2D eigenvalue weighted by atomic mass is 32.1. The third kappa shape index (κ3) is 3.41. The van der Waals surface area contributed by atoms with Gasteiger partial charge in [-0.15, -0.1) is 11.3 Å². The first-order chi connectivity index (χ1) is 9.45. The number of nitrogens with zero attached hydrogens (tertiary/aromatic N) is 2. The molecule has 0 saturated heterocycles. The first-order valence-corrected chi connectivity index (χ1v) is 6.61. The monoisotopic (exact) mass is 295 g/mol. The third-order valence-corrected chi connectivity index (χ3v) is 3.37. The number of nitrogens with one attached hydrogen (secondary N) is 1. The molecule has 106 valence electrons. The smallest absolute Gasteiger partial charge is 0.350 e. The minimum atomic E-state index is -0.556. The Morgan fingerprint density at radius 2 is 2.15 bits per heavy atom. The van der Waals surface area contributed by atoms with Crippen LogP contribution >= 0.6 is 11.3 Å². The molecule has 2 aromatic rings. The van der Waals surface area contributed by atoms with E-state index >= 15 is 0 Å². The molecule has 8 heteroatoms. The topological polar surface area (TPSA) is 94.3 Å². The Hall–Kier alpha value is -2.22. The fraction of sp³-hybridized carbons (Fsp3) is 0.333. The summed E-state index contributed by atoms with van der Waals surface area (Å²) in [5.41, 5.74) is 0.602. The lowest BCUT2D eigenvalue weighted by atomic mass is 10.4. The number of thiazole rings is 1. The van der Waals surface area contributed by atoms with Crippen LogP contribution in [0.2, 0.25) is 0 Å². The molecule has 20 heavy (non-hydrogen) atoms. The Morgan fingerprint density at radius 1 is 1.40 bits per heavy atom. The van der Waals surface area contributed by atoms with Gasteiger partial charge in [0.05, 0.1) is 10.7 Å². The SMILES string of the molecule is Cc1cc(NC(=O)COC(=O)c2sc(C)nc2C)no1. The molecule has 0 saturated carbocycles. The number of ether oxygens (including phenoxy) is 1. The van der Waals surface area contributed by atoms with Gasteiger partial charge in [-0.1, -0.05) is 5.16 Å². The van der Waals surface area contributed by atoms with Crippen LogP contribution in [0, 0.1) is 20.8 Å². The van der Waals surface area contributed by atoms with E-state index in [1.165, 1.54) is 11.3 Å². The number of amides is 1. The van der Waals surface area contributed by atoms with E-state index in [9.17, 15) is 9.59 Å². The van der Waals surface area contributed by atoms with Crippen LogP contribution in [0.15, 0.2) is 10.6 Å². The van der Waals surface area contributed by atoms with Crippen molar-refractivity contribution in [1.29, 1.82) is 0 Å². The predicted molar refractivity (Wildman–Crippen MR) is 71.7 cm³/mol. The number of hydrogen-bond acceptors (Lipinski definition) is 7. The molecule has 0 radical (unpaired) electrons. The highest BCUT2D eigenvalue weighted by Gasteiger charge is 2.17. The molecule has 0 spiro atoms. The van der Waals surface area contributed by atoms with Crippen LogP contribution in [0.4, 0.5) is 5.82 Å². The molecule has 0 aliphatic rings. The molecule has 0 aliphatic heterocycles. The molecule has 0 fully saturated rings. The van der Waals surface area contributed by atoms with Gasteiger partial charge in [-0.2, -0.15) is 0 Å². The number of esters is 1. The summed E-state index contributed by atoms with van der Waals surface area (Å²) in [6.07, 6.45) is 0. The molecule has 0 atom stereocenters. The van der Waals surface area contributed by atoms with E-state index in [1.807, 2.05) is 0 Å². The lowest BCUT2D eigenvalue weighted by Crippen LogP contribution is -2.21. The van der Waals surface area contributed by atoms with Crippen molar-refractivity contribution in [1.82, 2.24) is 10.1 Å². The molecular weight excluding hydrogens is 282 g/mol. The van der Waals surface area contributed by atoms with Crippen LogP contribution in [0.1, 0.15) is 26.1 Å². The maximum atomic E-state index is 11.8. The number of hydrogen-bond donors (Lipinski definition) is 1. The number of aromatic nitrogens is 2. The molecule has 0 unspecified atom stereocenters. The normalized spacial score (nSPS) is 10.3. The lowest BCUT2D eigenvalue weighted by Gasteiger charge is -2.03. The van der Waals surface area contributed by atoms with Gasteiger partial charge in [0.25, 0.3) is 5.91 Å². The fourth-order valence-electron chi connectivity index (χ4n) is 1.52. The second kappa shape index (κ2) is 5.83. The molecule has 7 nitrogen and oxygen atoms in total. The Kier molecular flexibility index (Phi) is 4.14. The Morgan fingerprint density at radius 3 is 2.70 bits per heavy atom. The zero-order chi connectivity index (χ0) is 14.7. The summed E-state index contributed by atoms with van der Waals surface area (Å²) in [5.74, 6) is -0.174. The van der Waals surface area contributed by atoms with E-state index in [0.29, 0.717) is 16.3 Å². The van der Waals surface area contributed by atoms with E-state index in [2.05, 4.69) is 15.5 Å². The fourth-order valence-corrected chi connectivity index (χ4v) is 2.34. The average Bonchev–Trinajstić information content (AvgIpc) is 2.92. The van der Waals surface area contributed by atoms with Gasteiger partial charge < -0.3 is 14.6 Å². The molecule has 2 heterocycles. The summed E-state index contributed by atoms with van der Waals surface area (Å²) >= 11 is 1.24. The van der Waals surface area contributed by atoms with Crippen molar-refractivity contribution in [3.8, 4) is 0 Å². The highest BCUT2D eigenvalue weighted by molar-refractivity contribution is 7.13. The van der Waals surface area contributed by atoms with Gasteiger partial charge in [0.15, 0.2) is 12.4 Å². The molecule has 0 aliphatic carbocycles. The molecule has 1 N–H and O–H groups in total. The van der Waals surface area contributed by atoms with E-state index in [4.69, 9.17) is 9.26 Å².